The molecule has 34 heavy (non-hydrogen) atoms. The van der Waals surface area contributed by atoms with Gasteiger partial charge < -0.3 is 14.8 Å². The Labute approximate surface area is 193 Å². The number of hydrogen-bond acceptors (Lipinski definition) is 7. The van der Waals surface area contributed by atoms with E-state index in [1.807, 2.05) is 0 Å². The highest BCUT2D eigenvalue weighted by atomic mass is 35.5. The number of carbonyl (C=O) groups is 1. The van der Waals surface area contributed by atoms with E-state index in [1.54, 1.807) is 6.07 Å². The zero-order valence-corrected chi connectivity index (χ0v) is 17.9. The highest BCUT2D eigenvalue weighted by Gasteiger charge is 2.43. The average molecular weight is 492 g/mol. The molecule has 1 aromatic carbocycles. The zero-order chi connectivity index (χ0) is 24.0. The van der Waals surface area contributed by atoms with Gasteiger partial charge in [0.25, 0.3) is 5.91 Å². The van der Waals surface area contributed by atoms with E-state index in [0.717, 1.165) is 9.48 Å². The number of alkyl halides is 3. The third kappa shape index (κ3) is 3.69. The van der Waals surface area contributed by atoms with E-state index >= 15 is 0 Å². The lowest BCUT2D eigenvalue weighted by atomic mass is 10.0. The number of carbonyl (C=O) groups excluding carboxylic acids is 1. The maximum absolute atomic E-state index is 14.2. The van der Waals surface area contributed by atoms with Crippen LogP contribution >= 0.6 is 11.6 Å². The molecular weight excluding hydrogens is 479 g/mol. The minimum absolute atomic E-state index is 0.0589. The number of amides is 1. The minimum Gasteiger partial charge on any atom is -0.454 e. The first-order valence-electron chi connectivity index (χ1n) is 9.61. The Morgan fingerprint density at radius 3 is 2.68 bits per heavy atom. The summed E-state index contributed by atoms with van der Waals surface area (Å²) in [6, 6.07) is 5.85. The number of aromatic nitrogens is 6. The maximum atomic E-state index is 14.2. The molecule has 0 saturated heterocycles. The molecule has 0 radical (unpaired) electrons. The van der Waals surface area contributed by atoms with Gasteiger partial charge >= 0.3 is 6.18 Å². The second-order valence-corrected chi connectivity index (χ2v) is 7.44. The number of hydrogen-bond donors (Lipinski definition) is 1. The number of benzene rings is 1. The molecule has 10 nitrogen and oxygen atoms in total. The van der Waals surface area contributed by atoms with Crippen molar-refractivity contribution < 1.29 is 27.4 Å². The van der Waals surface area contributed by atoms with E-state index in [0.29, 0.717) is 5.75 Å². The van der Waals surface area contributed by atoms with Crippen LogP contribution in [0.4, 0.5) is 18.9 Å². The lowest BCUT2D eigenvalue weighted by molar-refractivity contribution is -0.137. The molecule has 0 bridgehead atoms. The maximum Gasteiger partial charge on any atom is 0.420 e. The third-order valence-corrected chi connectivity index (χ3v) is 5.16. The van der Waals surface area contributed by atoms with Crippen molar-refractivity contribution in [1.29, 1.82) is 0 Å². The summed E-state index contributed by atoms with van der Waals surface area (Å²) in [4.78, 5) is 18.1. The Bertz CT molecular complexity index is 1400. The summed E-state index contributed by atoms with van der Waals surface area (Å²) < 4.78 is 54.1. The lowest BCUT2D eigenvalue weighted by Crippen LogP contribution is -2.19. The highest BCUT2D eigenvalue weighted by Crippen LogP contribution is 2.46. The van der Waals surface area contributed by atoms with Gasteiger partial charge in [0.1, 0.15) is 5.56 Å². The Hall–Kier alpha value is -4.13. The molecule has 4 aromatic rings. The topological polar surface area (TPSA) is 109 Å². The van der Waals surface area contributed by atoms with Gasteiger partial charge in [-0.25, -0.2) is 4.98 Å². The van der Waals surface area contributed by atoms with Gasteiger partial charge in [0.05, 0.1) is 35.0 Å². The van der Waals surface area contributed by atoms with Gasteiger partial charge in [-0.15, -0.1) is 4.80 Å². The fourth-order valence-corrected chi connectivity index (χ4v) is 3.78. The molecule has 1 aliphatic heterocycles. The predicted molar refractivity (Wildman–Crippen MR) is 112 cm³/mol. The van der Waals surface area contributed by atoms with Crippen molar-refractivity contribution in [2.45, 2.75) is 6.18 Å². The van der Waals surface area contributed by atoms with Crippen LogP contribution in [-0.4, -0.2) is 42.5 Å². The van der Waals surface area contributed by atoms with E-state index in [1.165, 1.54) is 43.8 Å². The Morgan fingerprint density at radius 1 is 1.21 bits per heavy atom. The zero-order valence-electron chi connectivity index (χ0n) is 17.2. The quantitative estimate of drug-likeness (QED) is 0.463. The molecule has 3 aromatic heterocycles. The van der Waals surface area contributed by atoms with Crippen LogP contribution in [0.2, 0.25) is 5.02 Å². The van der Waals surface area contributed by atoms with E-state index in [-0.39, 0.29) is 40.3 Å². The second kappa shape index (κ2) is 8.02. The fraction of sp³-hybridized carbons (Fsp3) is 0.150. The van der Waals surface area contributed by atoms with Gasteiger partial charge in [0, 0.05) is 12.6 Å². The molecule has 0 aliphatic carbocycles. The van der Waals surface area contributed by atoms with Gasteiger partial charge in [-0.05, 0) is 18.2 Å². The number of para-hydroxylation sites is 1. The number of anilines is 1. The molecule has 0 fully saturated rings. The first kappa shape index (κ1) is 21.7. The fourth-order valence-electron chi connectivity index (χ4n) is 3.54. The van der Waals surface area contributed by atoms with Crippen LogP contribution in [0, 0.1) is 0 Å². The minimum atomic E-state index is -4.90. The molecule has 14 heteroatoms. The molecule has 4 heterocycles. The number of rotatable bonds is 4. The summed E-state index contributed by atoms with van der Waals surface area (Å²) in [5.74, 6) is -0.477. The molecule has 0 spiro atoms. The molecule has 1 aliphatic rings. The van der Waals surface area contributed by atoms with Gasteiger partial charge in [0.15, 0.2) is 23.0 Å². The van der Waals surface area contributed by atoms with Crippen molar-refractivity contribution in [3.05, 3.63) is 59.1 Å². The SMILES string of the molecule is Cn1nc(C(=O)Nc2cnc(-n3nccn3)c(Cl)c2)c(C(F)(F)F)c1-c1cccc2c1OCO2. The smallest absolute Gasteiger partial charge is 0.420 e. The number of nitrogens with one attached hydrogen (secondary N) is 1. The number of aryl methyl sites for hydroxylation is 1. The van der Waals surface area contributed by atoms with E-state index in [2.05, 4.69) is 25.6 Å². The van der Waals surface area contributed by atoms with E-state index < -0.39 is 23.3 Å². The molecule has 1 N–H and O–H groups in total. The number of nitrogens with zero attached hydrogens (tertiary/aromatic N) is 6. The number of ether oxygens (including phenoxy) is 2. The predicted octanol–water partition coefficient (Wildman–Crippen LogP) is 3.72. The summed E-state index contributed by atoms with van der Waals surface area (Å²) in [7, 11) is 1.31. The van der Waals surface area contributed by atoms with Gasteiger partial charge in [-0.2, -0.15) is 28.5 Å². The van der Waals surface area contributed by atoms with Crippen LogP contribution in [0.15, 0.2) is 42.9 Å². The van der Waals surface area contributed by atoms with Crippen molar-refractivity contribution in [3.8, 4) is 28.6 Å². The summed E-state index contributed by atoms with van der Waals surface area (Å²) in [5.41, 5.74) is -2.22. The van der Waals surface area contributed by atoms with E-state index in [9.17, 15) is 18.0 Å². The Kier molecular flexibility index (Phi) is 5.12. The standard InChI is InChI=1S/C20H13ClF3N7O3/c1-30-16(11-3-2-4-13-17(11)34-9-33-13)14(20(22,23)24)15(29-30)19(32)28-10-7-12(21)18(25-8-10)31-26-5-6-27-31/h2-8H,9H2,1H3,(H,28,32). The van der Waals surface area contributed by atoms with Crippen LogP contribution in [0.25, 0.3) is 17.1 Å². The van der Waals surface area contributed by atoms with Crippen LogP contribution < -0.4 is 14.8 Å². The number of halogens is 4. The molecule has 174 valence electrons. The summed E-state index contributed by atoms with van der Waals surface area (Å²) >= 11 is 6.18. The summed E-state index contributed by atoms with van der Waals surface area (Å²) in [5, 5.41) is 14.1. The largest absolute Gasteiger partial charge is 0.454 e. The number of fused-ring (bicyclic) bond motifs is 1. The molecule has 0 unspecified atom stereocenters. The second-order valence-electron chi connectivity index (χ2n) is 7.04. The van der Waals surface area contributed by atoms with Crippen molar-refractivity contribution in [2.24, 2.45) is 7.05 Å². The van der Waals surface area contributed by atoms with Crippen LogP contribution in [0.1, 0.15) is 16.1 Å². The summed E-state index contributed by atoms with van der Waals surface area (Å²) in [6.45, 7) is -0.128. The average Bonchev–Trinajstić information content (AvgIpc) is 3.52. The van der Waals surface area contributed by atoms with Gasteiger partial charge in [-0.3, -0.25) is 9.48 Å². The highest BCUT2D eigenvalue weighted by molar-refractivity contribution is 6.32. The molecule has 1 amide bonds. The van der Waals surface area contributed by atoms with Crippen molar-refractivity contribution in [2.75, 3.05) is 12.1 Å². The van der Waals surface area contributed by atoms with E-state index in [4.69, 9.17) is 21.1 Å². The normalized spacial score (nSPS) is 12.7. The first-order valence-corrected chi connectivity index (χ1v) is 9.98. The molecule has 0 atom stereocenters. The Balaban J connectivity index is 1.54. The first-order chi connectivity index (χ1) is 16.2. The van der Waals surface area contributed by atoms with Crippen LogP contribution in [0.3, 0.4) is 0 Å². The lowest BCUT2D eigenvalue weighted by Gasteiger charge is -2.12. The number of pyridine rings is 1. The van der Waals surface area contributed by atoms with Crippen molar-refractivity contribution in [3.63, 3.8) is 0 Å². The molecule has 5 rings (SSSR count). The van der Waals surface area contributed by atoms with Crippen molar-refractivity contribution >= 4 is 23.2 Å². The van der Waals surface area contributed by atoms with Crippen molar-refractivity contribution in [1.82, 2.24) is 29.8 Å². The molecular formula is C20H13ClF3N7O3. The third-order valence-electron chi connectivity index (χ3n) is 4.89. The Morgan fingerprint density at radius 2 is 1.97 bits per heavy atom. The van der Waals surface area contributed by atoms with Gasteiger partial charge in [0.2, 0.25) is 6.79 Å². The molecule has 0 saturated carbocycles. The monoisotopic (exact) mass is 491 g/mol. The van der Waals surface area contributed by atoms with Gasteiger partial charge in [-0.1, -0.05) is 17.7 Å². The van der Waals surface area contributed by atoms with Crippen LogP contribution in [-0.2, 0) is 13.2 Å². The van der Waals surface area contributed by atoms with Crippen LogP contribution in [0.5, 0.6) is 11.5 Å². The summed E-state index contributed by atoms with van der Waals surface area (Å²) in [6.07, 6.45) is -0.840.